The molecule has 2 amide bonds. The summed E-state index contributed by atoms with van der Waals surface area (Å²) in [5.74, 6) is -0.706. The maximum Gasteiger partial charge on any atom is 0.327 e. The Balaban J connectivity index is 1.82. The first-order valence-corrected chi connectivity index (χ1v) is 6.41. The minimum atomic E-state index is -0.778. The predicted molar refractivity (Wildman–Crippen MR) is 66.4 cm³/mol. The van der Waals surface area contributed by atoms with Gasteiger partial charge in [0.05, 0.1) is 6.61 Å². The highest BCUT2D eigenvalue weighted by atomic mass is 16.8. The summed E-state index contributed by atoms with van der Waals surface area (Å²) in [6.07, 6.45) is -2.10. The van der Waals surface area contributed by atoms with Gasteiger partial charge in [-0.25, -0.2) is 9.79 Å². The number of amides is 2. The topological polar surface area (TPSA) is 119 Å². The molecule has 9 nitrogen and oxygen atoms in total. The lowest BCUT2D eigenvalue weighted by molar-refractivity contribution is -0.204. The number of aliphatic imine (C=N–C) groups is 1. The van der Waals surface area contributed by atoms with Crippen LogP contribution in [0, 0.1) is 0 Å². The lowest BCUT2D eigenvalue weighted by Gasteiger charge is -2.33. The molecule has 3 rings (SSSR count). The summed E-state index contributed by atoms with van der Waals surface area (Å²) in [5.41, 5.74) is 5.44. The number of nitrogens with zero attached hydrogens (tertiary/aromatic N) is 2. The number of carbonyl (C=O) groups is 1. The van der Waals surface area contributed by atoms with Gasteiger partial charge in [0.25, 0.3) is 0 Å². The highest BCUT2D eigenvalue weighted by molar-refractivity contribution is 5.96. The second kappa shape index (κ2) is 4.55. The number of aliphatic hydroxyl groups excluding tert-OH is 1. The molecule has 0 aliphatic carbocycles. The minimum absolute atomic E-state index is 0.0726. The van der Waals surface area contributed by atoms with Crippen LogP contribution in [0.15, 0.2) is 4.99 Å². The molecule has 4 N–H and O–H groups in total. The molecular weight excluding hydrogens is 268 g/mol. The van der Waals surface area contributed by atoms with E-state index >= 15 is 0 Å². The van der Waals surface area contributed by atoms with Gasteiger partial charge >= 0.3 is 6.03 Å². The van der Waals surface area contributed by atoms with Gasteiger partial charge in [0.15, 0.2) is 18.0 Å². The fourth-order valence-corrected chi connectivity index (χ4v) is 2.69. The van der Waals surface area contributed by atoms with Gasteiger partial charge in [-0.1, -0.05) is 0 Å². The Labute approximate surface area is 115 Å². The summed E-state index contributed by atoms with van der Waals surface area (Å²) in [5, 5.41) is 11.8. The van der Waals surface area contributed by atoms with E-state index in [0.717, 1.165) is 0 Å². The molecule has 3 aliphatic heterocycles. The molecule has 0 bridgehead atoms. The van der Waals surface area contributed by atoms with E-state index in [-0.39, 0.29) is 19.2 Å². The van der Waals surface area contributed by atoms with E-state index in [0.29, 0.717) is 0 Å². The molecule has 2 fully saturated rings. The summed E-state index contributed by atoms with van der Waals surface area (Å²) < 4.78 is 17.2. The fraction of sp³-hybridized carbons (Fsp3) is 0.818. The second-order valence-electron chi connectivity index (χ2n) is 5.40. The van der Waals surface area contributed by atoms with Gasteiger partial charge in [-0.05, 0) is 13.8 Å². The summed E-state index contributed by atoms with van der Waals surface area (Å²) >= 11 is 0. The van der Waals surface area contributed by atoms with Crippen molar-refractivity contribution in [2.75, 3.05) is 13.3 Å². The number of nitrogens with one attached hydrogen (secondary N) is 1. The third-order valence-corrected chi connectivity index (χ3v) is 3.50. The van der Waals surface area contributed by atoms with Gasteiger partial charge in [-0.2, -0.15) is 0 Å². The number of hydrogen-bond acceptors (Lipinski definition) is 7. The zero-order valence-electron chi connectivity index (χ0n) is 11.3. The average Bonchev–Trinajstić information content (AvgIpc) is 2.83. The quantitative estimate of drug-likeness (QED) is 0.570. The van der Waals surface area contributed by atoms with Gasteiger partial charge in [-0.3, -0.25) is 10.2 Å². The first-order valence-electron chi connectivity index (χ1n) is 6.41. The van der Waals surface area contributed by atoms with Crippen molar-refractivity contribution in [2.45, 2.75) is 44.2 Å². The number of carbonyl (C=O) groups excluding carboxylic acids is 1. The smallest absolute Gasteiger partial charge is 0.327 e. The number of hydrogen-bond donors (Lipinski definition) is 3. The number of fused-ring (bicyclic) bond motifs is 1. The Morgan fingerprint density at radius 2 is 2.20 bits per heavy atom. The van der Waals surface area contributed by atoms with Crippen LogP contribution in [0.25, 0.3) is 0 Å². The van der Waals surface area contributed by atoms with E-state index in [2.05, 4.69) is 10.3 Å². The van der Waals surface area contributed by atoms with Crippen LogP contribution in [0.2, 0.25) is 0 Å². The van der Waals surface area contributed by atoms with E-state index in [9.17, 15) is 9.90 Å². The molecule has 0 spiro atoms. The maximum atomic E-state index is 12.0. The van der Waals surface area contributed by atoms with Crippen LogP contribution >= 0.6 is 0 Å². The molecule has 0 aromatic carbocycles. The van der Waals surface area contributed by atoms with Crippen molar-refractivity contribution in [3.63, 3.8) is 0 Å². The van der Waals surface area contributed by atoms with E-state index in [1.54, 1.807) is 13.8 Å². The number of aliphatic hydroxyl groups is 1. The largest absolute Gasteiger partial charge is 0.394 e. The molecule has 3 heterocycles. The van der Waals surface area contributed by atoms with E-state index in [1.165, 1.54) is 4.90 Å². The number of rotatable bonds is 2. The Kier molecular flexibility index (Phi) is 3.09. The van der Waals surface area contributed by atoms with Crippen molar-refractivity contribution < 1.29 is 24.1 Å². The monoisotopic (exact) mass is 286 g/mol. The molecular formula is C11H18N4O5. The van der Waals surface area contributed by atoms with Gasteiger partial charge in [0.1, 0.15) is 25.0 Å². The van der Waals surface area contributed by atoms with Gasteiger partial charge in [0.2, 0.25) is 0 Å². The van der Waals surface area contributed by atoms with Gasteiger partial charge in [0, 0.05) is 0 Å². The van der Waals surface area contributed by atoms with Crippen LogP contribution in [-0.4, -0.2) is 65.6 Å². The molecule has 9 heteroatoms. The fourth-order valence-electron chi connectivity index (χ4n) is 2.69. The van der Waals surface area contributed by atoms with Crippen LogP contribution in [0.3, 0.4) is 0 Å². The first-order chi connectivity index (χ1) is 9.41. The van der Waals surface area contributed by atoms with Crippen molar-refractivity contribution in [3.8, 4) is 0 Å². The first kappa shape index (κ1) is 13.6. The summed E-state index contributed by atoms with van der Waals surface area (Å²) in [7, 11) is 0. The minimum Gasteiger partial charge on any atom is -0.394 e. The SMILES string of the molecule is CC1(C)O[C@@H]2[C@H](O1)[C@@H](CO)O[C@@H]2N1CN=C(N)NC1=O. The number of urea groups is 1. The molecule has 0 aromatic heterocycles. The number of nitrogens with two attached hydrogens (primary N) is 1. The predicted octanol–water partition coefficient (Wildman–Crippen LogP) is -1.48. The standard InChI is InChI=1S/C11H18N4O5/c1-11(2)19-6-5(3-16)18-8(7(6)20-11)15-4-13-9(12)14-10(15)17/h5-8,16H,3-4H2,1-2H3,(H3,12,13,14,17)/t5-,6-,7-,8+/m1/s1. The number of guanidine groups is 1. The normalized spacial score (nSPS) is 39.5. The van der Waals surface area contributed by atoms with Crippen molar-refractivity contribution >= 4 is 12.0 Å². The van der Waals surface area contributed by atoms with E-state index in [1.807, 2.05) is 0 Å². The molecule has 112 valence electrons. The van der Waals surface area contributed by atoms with Crippen molar-refractivity contribution in [1.82, 2.24) is 10.2 Å². The third-order valence-electron chi connectivity index (χ3n) is 3.50. The van der Waals surface area contributed by atoms with Crippen LogP contribution in [-0.2, 0) is 14.2 Å². The Morgan fingerprint density at radius 1 is 1.50 bits per heavy atom. The molecule has 0 saturated carbocycles. The van der Waals surface area contributed by atoms with Crippen molar-refractivity contribution in [3.05, 3.63) is 0 Å². The Bertz CT molecular complexity index is 454. The Hall–Kier alpha value is -1.42. The zero-order valence-corrected chi connectivity index (χ0v) is 11.3. The third kappa shape index (κ3) is 2.12. The number of ether oxygens (including phenoxy) is 3. The van der Waals surface area contributed by atoms with E-state index in [4.69, 9.17) is 19.9 Å². The second-order valence-corrected chi connectivity index (χ2v) is 5.40. The lowest BCUT2D eigenvalue weighted by atomic mass is 10.1. The van der Waals surface area contributed by atoms with Crippen molar-refractivity contribution in [2.24, 2.45) is 10.7 Å². The average molecular weight is 286 g/mol. The maximum absolute atomic E-state index is 12.0. The molecule has 0 aromatic rings. The van der Waals surface area contributed by atoms with Crippen molar-refractivity contribution in [1.29, 1.82) is 0 Å². The van der Waals surface area contributed by atoms with E-state index < -0.39 is 36.4 Å². The molecule has 2 saturated heterocycles. The molecule has 20 heavy (non-hydrogen) atoms. The lowest BCUT2D eigenvalue weighted by Crippen LogP contribution is -2.57. The Morgan fingerprint density at radius 3 is 2.85 bits per heavy atom. The zero-order chi connectivity index (χ0) is 14.5. The highest BCUT2D eigenvalue weighted by Gasteiger charge is 2.57. The van der Waals surface area contributed by atoms with Crippen LogP contribution in [0.1, 0.15) is 13.8 Å². The molecule has 0 unspecified atom stereocenters. The highest BCUT2D eigenvalue weighted by Crippen LogP contribution is 2.39. The van der Waals surface area contributed by atoms with Gasteiger partial charge in [-0.15, -0.1) is 0 Å². The summed E-state index contributed by atoms with van der Waals surface area (Å²) in [6.45, 7) is 3.43. The summed E-state index contributed by atoms with van der Waals surface area (Å²) in [6, 6.07) is -0.409. The van der Waals surface area contributed by atoms with Crippen LogP contribution in [0.4, 0.5) is 4.79 Å². The molecule has 3 aliphatic rings. The van der Waals surface area contributed by atoms with Gasteiger partial charge < -0.3 is 25.1 Å². The molecule has 0 radical (unpaired) electrons. The van der Waals surface area contributed by atoms with Crippen LogP contribution in [0.5, 0.6) is 0 Å². The molecule has 4 atom stereocenters. The summed E-state index contributed by atoms with van der Waals surface area (Å²) in [4.78, 5) is 17.3. The van der Waals surface area contributed by atoms with Crippen LogP contribution < -0.4 is 11.1 Å².